The molecule has 3 rings (SSSR count). The maximum atomic E-state index is 4.33. The maximum absolute atomic E-state index is 4.33. The number of benzene rings is 1. The summed E-state index contributed by atoms with van der Waals surface area (Å²) in [6.45, 7) is 1.85. The number of pyridine rings is 2. The van der Waals surface area contributed by atoms with Crippen LogP contribution in [0.1, 0.15) is 11.1 Å². The minimum atomic E-state index is 0.885. The van der Waals surface area contributed by atoms with Gasteiger partial charge in [-0.25, -0.2) is 0 Å². The lowest BCUT2D eigenvalue weighted by atomic mass is 10.1. The molecule has 3 aromatic rings. The summed E-state index contributed by atoms with van der Waals surface area (Å²) >= 11 is 0. The van der Waals surface area contributed by atoms with Crippen molar-refractivity contribution in [3.8, 4) is 0 Å². The first-order chi connectivity index (χ1) is 9.92. The van der Waals surface area contributed by atoms with E-state index in [0.29, 0.717) is 0 Å². The van der Waals surface area contributed by atoms with Crippen molar-refractivity contribution in [3.05, 3.63) is 72.2 Å². The maximum Gasteiger partial charge on any atom is 0.0702 e. The second-order valence-corrected chi connectivity index (χ2v) is 4.81. The van der Waals surface area contributed by atoms with Crippen LogP contribution in [0.3, 0.4) is 0 Å². The summed E-state index contributed by atoms with van der Waals surface area (Å²) < 4.78 is 0. The van der Waals surface area contributed by atoms with Crippen LogP contribution >= 0.6 is 0 Å². The third-order valence-corrected chi connectivity index (χ3v) is 3.34. The number of nitrogens with zero attached hydrogens (tertiary/aromatic N) is 2. The molecular weight excluding hydrogens is 246 g/mol. The van der Waals surface area contributed by atoms with E-state index in [2.05, 4.69) is 51.7 Å². The number of hydrogen-bond acceptors (Lipinski definition) is 3. The van der Waals surface area contributed by atoms with E-state index in [0.717, 1.165) is 25.0 Å². The normalized spacial score (nSPS) is 10.8. The van der Waals surface area contributed by atoms with Crippen molar-refractivity contribution in [2.75, 3.05) is 6.54 Å². The van der Waals surface area contributed by atoms with E-state index in [1.807, 2.05) is 24.7 Å². The van der Waals surface area contributed by atoms with Crippen molar-refractivity contribution >= 4 is 10.9 Å². The first-order valence-electron chi connectivity index (χ1n) is 6.85. The Morgan fingerprint density at radius 2 is 1.80 bits per heavy atom. The molecule has 0 unspecified atom stereocenters. The predicted octanol–water partition coefficient (Wildman–Crippen LogP) is 2.96. The van der Waals surface area contributed by atoms with Gasteiger partial charge in [0.1, 0.15) is 0 Å². The standard InChI is InChI=1S/C17H17N3/c1-2-16-12-15(3-4-17(16)20-8-1)13-19-11-7-14-5-9-18-10-6-14/h1-6,8-10,12,19H,7,11,13H2. The molecule has 0 aliphatic heterocycles. The van der Waals surface area contributed by atoms with Gasteiger partial charge in [-0.15, -0.1) is 0 Å². The van der Waals surface area contributed by atoms with E-state index in [4.69, 9.17) is 0 Å². The van der Waals surface area contributed by atoms with E-state index in [1.165, 1.54) is 16.5 Å². The van der Waals surface area contributed by atoms with Gasteiger partial charge in [-0.3, -0.25) is 9.97 Å². The topological polar surface area (TPSA) is 37.8 Å². The van der Waals surface area contributed by atoms with Crippen molar-refractivity contribution in [1.82, 2.24) is 15.3 Å². The Morgan fingerprint density at radius 1 is 0.900 bits per heavy atom. The molecule has 0 radical (unpaired) electrons. The van der Waals surface area contributed by atoms with Gasteiger partial charge in [0.15, 0.2) is 0 Å². The Balaban J connectivity index is 1.55. The van der Waals surface area contributed by atoms with Gasteiger partial charge in [0.2, 0.25) is 0 Å². The average molecular weight is 263 g/mol. The summed E-state index contributed by atoms with van der Waals surface area (Å²) in [6, 6.07) is 14.6. The van der Waals surface area contributed by atoms with Gasteiger partial charge >= 0.3 is 0 Å². The Labute approximate surface area is 118 Å². The molecule has 0 fully saturated rings. The van der Waals surface area contributed by atoms with Gasteiger partial charge in [-0.2, -0.15) is 0 Å². The molecule has 0 aliphatic carbocycles. The van der Waals surface area contributed by atoms with Gasteiger partial charge in [0.05, 0.1) is 5.52 Å². The number of aromatic nitrogens is 2. The molecule has 0 saturated heterocycles. The molecule has 20 heavy (non-hydrogen) atoms. The largest absolute Gasteiger partial charge is 0.312 e. The van der Waals surface area contributed by atoms with Crippen LogP contribution < -0.4 is 5.32 Å². The van der Waals surface area contributed by atoms with Gasteiger partial charge < -0.3 is 5.32 Å². The van der Waals surface area contributed by atoms with Crippen LogP contribution in [0.5, 0.6) is 0 Å². The van der Waals surface area contributed by atoms with Crippen molar-refractivity contribution in [3.63, 3.8) is 0 Å². The molecule has 0 atom stereocenters. The molecule has 2 aromatic heterocycles. The lowest BCUT2D eigenvalue weighted by Crippen LogP contribution is -2.16. The van der Waals surface area contributed by atoms with Crippen LogP contribution in [0.4, 0.5) is 0 Å². The molecule has 1 N–H and O–H groups in total. The Kier molecular flexibility index (Phi) is 3.99. The number of rotatable bonds is 5. The summed E-state index contributed by atoms with van der Waals surface area (Å²) in [5.41, 5.74) is 3.66. The van der Waals surface area contributed by atoms with Gasteiger partial charge in [-0.1, -0.05) is 12.1 Å². The summed E-state index contributed by atoms with van der Waals surface area (Å²) in [5.74, 6) is 0. The average Bonchev–Trinajstić information content (AvgIpc) is 2.52. The fourth-order valence-electron chi connectivity index (χ4n) is 2.25. The van der Waals surface area contributed by atoms with Crippen LogP contribution in [0, 0.1) is 0 Å². The summed E-state index contributed by atoms with van der Waals surface area (Å²) in [4.78, 5) is 8.36. The van der Waals surface area contributed by atoms with Gasteiger partial charge in [-0.05, 0) is 54.4 Å². The monoisotopic (exact) mass is 263 g/mol. The van der Waals surface area contributed by atoms with E-state index in [-0.39, 0.29) is 0 Å². The third-order valence-electron chi connectivity index (χ3n) is 3.34. The second kappa shape index (κ2) is 6.26. The zero-order valence-electron chi connectivity index (χ0n) is 11.3. The fourth-order valence-corrected chi connectivity index (χ4v) is 2.25. The van der Waals surface area contributed by atoms with Crippen LogP contribution in [0.15, 0.2) is 61.1 Å². The molecule has 3 nitrogen and oxygen atoms in total. The Morgan fingerprint density at radius 3 is 2.70 bits per heavy atom. The molecule has 100 valence electrons. The molecule has 0 spiro atoms. The van der Waals surface area contributed by atoms with Crippen molar-refractivity contribution in [1.29, 1.82) is 0 Å². The molecule has 0 aliphatic rings. The zero-order chi connectivity index (χ0) is 13.6. The van der Waals surface area contributed by atoms with Gasteiger partial charge in [0, 0.05) is 30.5 Å². The number of fused-ring (bicyclic) bond motifs is 1. The Hall–Kier alpha value is -2.26. The van der Waals surface area contributed by atoms with E-state index in [9.17, 15) is 0 Å². The first kappa shape index (κ1) is 12.8. The van der Waals surface area contributed by atoms with Crippen LogP contribution in [-0.2, 0) is 13.0 Å². The molecular formula is C17H17N3. The van der Waals surface area contributed by atoms with E-state index >= 15 is 0 Å². The van der Waals surface area contributed by atoms with E-state index in [1.54, 1.807) is 0 Å². The second-order valence-electron chi connectivity index (χ2n) is 4.81. The van der Waals surface area contributed by atoms with Crippen LogP contribution in [-0.4, -0.2) is 16.5 Å². The summed E-state index contributed by atoms with van der Waals surface area (Å²) in [6.07, 6.45) is 6.53. The molecule has 0 saturated carbocycles. The van der Waals surface area contributed by atoms with Gasteiger partial charge in [0.25, 0.3) is 0 Å². The molecule has 1 aromatic carbocycles. The van der Waals surface area contributed by atoms with Crippen molar-refractivity contribution in [2.24, 2.45) is 0 Å². The summed E-state index contributed by atoms with van der Waals surface area (Å²) in [7, 11) is 0. The molecule has 0 amide bonds. The number of hydrogen-bond donors (Lipinski definition) is 1. The van der Waals surface area contributed by atoms with Crippen LogP contribution in [0.25, 0.3) is 10.9 Å². The highest BCUT2D eigenvalue weighted by Crippen LogP contribution is 2.13. The minimum Gasteiger partial charge on any atom is -0.312 e. The lowest BCUT2D eigenvalue weighted by molar-refractivity contribution is 0.687. The smallest absolute Gasteiger partial charge is 0.0702 e. The fraction of sp³-hybridized carbons (Fsp3) is 0.176. The van der Waals surface area contributed by atoms with Crippen LogP contribution in [0.2, 0.25) is 0 Å². The predicted molar refractivity (Wildman–Crippen MR) is 81.4 cm³/mol. The zero-order valence-corrected chi connectivity index (χ0v) is 11.3. The van der Waals surface area contributed by atoms with Crippen molar-refractivity contribution < 1.29 is 0 Å². The SMILES string of the molecule is c1cnc2ccc(CNCCc3ccncc3)cc2c1. The first-order valence-corrected chi connectivity index (χ1v) is 6.85. The highest BCUT2D eigenvalue weighted by atomic mass is 14.8. The lowest BCUT2D eigenvalue weighted by Gasteiger charge is -2.06. The van der Waals surface area contributed by atoms with Crippen molar-refractivity contribution in [2.45, 2.75) is 13.0 Å². The summed E-state index contributed by atoms with van der Waals surface area (Å²) in [5, 5.41) is 4.67. The van der Waals surface area contributed by atoms with E-state index < -0.39 is 0 Å². The number of nitrogens with one attached hydrogen (secondary N) is 1. The molecule has 2 heterocycles. The third kappa shape index (κ3) is 3.19. The minimum absolute atomic E-state index is 0.885. The highest BCUT2D eigenvalue weighted by Gasteiger charge is 1.97. The molecule has 3 heteroatoms. The quantitative estimate of drug-likeness (QED) is 0.719. The molecule has 0 bridgehead atoms. The Bertz CT molecular complexity index is 680. The highest BCUT2D eigenvalue weighted by molar-refractivity contribution is 5.78.